The molecule has 0 aliphatic heterocycles. The number of nitrogens with two attached hydrogens (primary N) is 1. The largest absolute Gasteiger partial charge is 0.504 e. The van der Waals surface area contributed by atoms with Crippen LogP contribution in [0.4, 0.5) is 5.69 Å². The van der Waals surface area contributed by atoms with Gasteiger partial charge in [0.05, 0.1) is 10.7 Å². The molecular formula is C22H19ClN4O4. The molecule has 3 aromatic carbocycles. The van der Waals surface area contributed by atoms with E-state index in [0.29, 0.717) is 5.75 Å². The van der Waals surface area contributed by atoms with E-state index in [0.717, 1.165) is 17.7 Å². The zero-order valence-corrected chi connectivity index (χ0v) is 17.0. The summed E-state index contributed by atoms with van der Waals surface area (Å²) >= 11 is 5.74. The Morgan fingerprint density at radius 1 is 1.06 bits per heavy atom. The summed E-state index contributed by atoms with van der Waals surface area (Å²) in [5.41, 5.74) is 6.73. The molecule has 31 heavy (non-hydrogen) atoms. The lowest BCUT2D eigenvalue weighted by atomic mass is 10.2. The lowest BCUT2D eigenvalue weighted by Gasteiger charge is -2.07. The van der Waals surface area contributed by atoms with Gasteiger partial charge < -0.3 is 26.0 Å². The van der Waals surface area contributed by atoms with Crippen LogP contribution in [-0.2, 0) is 11.3 Å². The molecule has 0 saturated heterocycles. The fraction of sp³-hybridized carbons (Fsp3) is 0.0455. The number of aromatic hydroxyl groups is 2. The van der Waals surface area contributed by atoms with E-state index in [1.54, 1.807) is 12.1 Å². The number of amidine groups is 1. The Bertz CT molecular complexity index is 1090. The highest BCUT2D eigenvalue weighted by Crippen LogP contribution is 2.36. The SMILES string of the molecule is NC(=NC=Nc1cc(O)c(O)c(Cl)c1)C(=O)NCc1ccc(Oc2ccccc2)cc1. The highest BCUT2D eigenvalue weighted by Gasteiger charge is 2.08. The number of aliphatic imine (C=N–C) groups is 2. The van der Waals surface area contributed by atoms with Gasteiger partial charge in [0.1, 0.15) is 17.8 Å². The van der Waals surface area contributed by atoms with E-state index in [-0.39, 0.29) is 23.1 Å². The normalized spacial score (nSPS) is 11.5. The van der Waals surface area contributed by atoms with Crippen LogP contribution in [0.3, 0.4) is 0 Å². The predicted octanol–water partition coefficient (Wildman–Crippen LogP) is 3.88. The Balaban J connectivity index is 1.52. The van der Waals surface area contributed by atoms with Gasteiger partial charge in [-0.3, -0.25) is 4.79 Å². The summed E-state index contributed by atoms with van der Waals surface area (Å²) in [4.78, 5) is 19.7. The standard InChI is InChI=1S/C22H19ClN4O4/c23-18-10-15(11-19(28)20(18)29)26-13-27-21(24)22(30)25-12-14-6-8-17(9-7-14)31-16-4-2-1-3-5-16/h1-11,13,28-29H,12H2,(H,25,30)(H2,24,26,27). The minimum Gasteiger partial charge on any atom is -0.504 e. The number of ether oxygens (including phenoxy) is 1. The van der Waals surface area contributed by atoms with Gasteiger partial charge in [-0.25, -0.2) is 9.98 Å². The van der Waals surface area contributed by atoms with Gasteiger partial charge in [0.2, 0.25) is 0 Å². The number of hydrogen-bond donors (Lipinski definition) is 4. The molecule has 5 N–H and O–H groups in total. The van der Waals surface area contributed by atoms with E-state index in [2.05, 4.69) is 15.3 Å². The molecule has 0 aliphatic carbocycles. The molecule has 0 saturated carbocycles. The maximum absolute atomic E-state index is 12.1. The van der Waals surface area contributed by atoms with Crippen molar-refractivity contribution in [1.29, 1.82) is 0 Å². The first-order valence-corrected chi connectivity index (χ1v) is 9.47. The van der Waals surface area contributed by atoms with Crippen LogP contribution in [0.2, 0.25) is 5.02 Å². The van der Waals surface area contributed by atoms with Crippen LogP contribution in [0, 0.1) is 0 Å². The molecule has 0 spiro atoms. The number of halogens is 1. The van der Waals surface area contributed by atoms with Gasteiger partial charge in [-0.2, -0.15) is 0 Å². The van der Waals surface area contributed by atoms with Gasteiger partial charge in [-0.15, -0.1) is 0 Å². The van der Waals surface area contributed by atoms with Gasteiger partial charge in [-0.1, -0.05) is 41.9 Å². The maximum atomic E-state index is 12.1. The number of nitrogens with one attached hydrogen (secondary N) is 1. The number of carbonyl (C=O) groups is 1. The molecule has 0 atom stereocenters. The lowest BCUT2D eigenvalue weighted by molar-refractivity contribution is -0.115. The third kappa shape index (κ3) is 6.22. The van der Waals surface area contributed by atoms with Gasteiger partial charge in [-0.05, 0) is 35.9 Å². The molecule has 3 rings (SSSR count). The Hall–Kier alpha value is -4.04. The number of amides is 1. The van der Waals surface area contributed by atoms with Crippen molar-refractivity contribution in [3.05, 3.63) is 77.3 Å². The maximum Gasteiger partial charge on any atom is 0.286 e. The van der Waals surface area contributed by atoms with Crippen molar-refractivity contribution in [2.24, 2.45) is 15.7 Å². The average Bonchev–Trinajstić information content (AvgIpc) is 2.77. The van der Waals surface area contributed by atoms with Crippen molar-refractivity contribution < 1.29 is 19.7 Å². The summed E-state index contributed by atoms with van der Waals surface area (Å²) in [6.45, 7) is 0.249. The molecule has 9 heteroatoms. The molecule has 1 amide bonds. The number of phenols is 2. The Morgan fingerprint density at radius 3 is 2.42 bits per heavy atom. The summed E-state index contributed by atoms with van der Waals surface area (Å²) in [7, 11) is 0. The predicted molar refractivity (Wildman–Crippen MR) is 119 cm³/mol. The third-order valence-electron chi connectivity index (χ3n) is 4.02. The second kappa shape index (κ2) is 10.1. The van der Waals surface area contributed by atoms with Crippen LogP contribution < -0.4 is 15.8 Å². The van der Waals surface area contributed by atoms with Crippen LogP contribution in [0.15, 0.2) is 76.7 Å². The van der Waals surface area contributed by atoms with Gasteiger partial charge in [0, 0.05) is 12.6 Å². The fourth-order valence-corrected chi connectivity index (χ4v) is 2.64. The highest BCUT2D eigenvalue weighted by molar-refractivity contribution is 6.38. The van der Waals surface area contributed by atoms with Crippen molar-refractivity contribution in [3.8, 4) is 23.0 Å². The fourth-order valence-electron chi connectivity index (χ4n) is 2.43. The van der Waals surface area contributed by atoms with E-state index >= 15 is 0 Å². The second-order valence-electron chi connectivity index (χ2n) is 6.30. The Kier molecular flexibility index (Phi) is 7.08. The van der Waals surface area contributed by atoms with Crippen molar-refractivity contribution in [3.63, 3.8) is 0 Å². The van der Waals surface area contributed by atoms with Crippen molar-refractivity contribution in [2.45, 2.75) is 6.54 Å². The van der Waals surface area contributed by atoms with Crippen LogP contribution in [0.5, 0.6) is 23.0 Å². The van der Waals surface area contributed by atoms with E-state index in [9.17, 15) is 15.0 Å². The van der Waals surface area contributed by atoms with Crippen LogP contribution >= 0.6 is 11.6 Å². The minimum absolute atomic E-state index is 0.0676. The number of para-hydroxylation sites is 1. The van der Waals surface area contributed by atoms with E-state index in [1.807, 2.05) is 42.5 Å². The van der Waals surface area contributed by atoms with Crippen molar-refractivity contribution >= 4 is 35.4 Å². The minimum atomic E-state index is -0.567. The molecule has 0 fully saturated rings. The molecule has 158 valence electrons. The Morgan fingerprint density at radius 2 is 1.74 bits per heavy atom. The molecule has 0 heterocycles. The first-order chi connectivity index (χ1) is 14.9. The zero-order chi connectivity index (χ0) is 22.2. The molecular weight excluding hydrogens is 420 g/mol. The number of hydrogen-bond acceptors (Lipinski definition) is 5. The first kappa shape index (κ1) is 21.7. The number of carbonyl (C=O) groups excluding carboxylic acids is 1. The van der Waals surface area contributed by atoms with E-state index < -0.39 is 17.4 Å². The van der Waals surface area contributed by atoms with Crippen LogP contribution in [0.1, 0.15) is 5.56 Å². The summed E-state index contributed by atoms with van der Waals surface area (Å²) in [6, 6.07) is 19.2. The zero-order valence-electron chi connectivity index (χ0n) is 16.2. The van der Waals surface area contributed by atoms with E-state index in [1.165, 1.54) is 12.1 Å². The Labute approximate surface area is 183 Å². The van der Waals surface area contributed by atoms with Crippen molar-refractivity contribution in [2.75, 3.05) is 0 Å². The average molecular weight is 439 g/mol. The molecule has 0 aliphatic rings. The summed E-state index contributed by atoms with van der Waals surface area (Å²) in [5.74, 6) is -0.306. The molecule has 0 bridgehead atoms. The number of rotatable bonds is 6. The lowest BCUT2D eigenvalue weighted by Crippen LogP contribution is -2.35. The quantitative estimate of drug-likeness (QED) is 0.263. The van der Waals surface area contributed by atoms with Gasteiger partial charge >= 0.3 is 0 Å². The van der Waals surface area contributed by atoms with E-state index in [4.69, 9.17) is 22.1 Å². The highest BCUT2D eigenvalue weighted by atomic mass is 35.5. The van der Waals surface area contributed by atoms with Crippen LogP contribution in [-0.4, -0.2) is 28.3 Å². The first-order valence-electron chi connectivity index (χ1n) is 9.09. The summed E-state index contributed by atoms with van der Waals surface area (Å²) < 4.78 is 5.72. The van der Waals surface area contributed by atoms with Gasteiger partial charge in [0.25, 0.3) is 5.91 Å². The third-order valence-corrected chi connectivity index (χ3v) is 4.31. The number of nitrogens with zero attached hydrogens (tertiary/aromatic N) is 2. The number of phenolic OH excluding ortho intramolecular Hbond substituents is 2. The molecule has 3 aromatic rings. The second-order valence-corrected chi connectivity index (χ2v) is 6.70. The van der Waals surface area contributed by atoms with Crippen molar-refractivity contribution in [1.82, 2.24) is 5.32 Å². The monoisotopic (exact) mass is 438 g/mol. The number of benzene rings is 3. The van der Waals surface area contributed by atoms with Crippen LogP contribution in [0.25, 0.3) is 0 Å². The smallest absolute Gasteiger partial charge is 0.286 e. The molecule has 0 aromatic heterocycles. The molecule has 8 nitrogen and oxygen atoms in total. The molecule has 0 radical (unpaired) electrons. The summed E-state index contributed by atoms with van der Waals surface area (Å²) in [6.07, 6.45) is 1.05. The van der Waals surface area contributed by atoms with Gasteiger partial charge in [0.15, 0.2) is 17.3 Å². The topological polar surface area (TPSA) is 130 Å². The molecule has 0 unspecified atom stereocenters. The summed E-state index contributed by atoms with van der Waals surface area (Å²) in [5, 5.41) is 21.5.